The summed E-state index contributed by atoms with van der Waals surface area (Å²) in [6.07, 6.45) is 3.74. The van der Waals surface area contributed by atoms with Gasteiger partial charge >= 0.3 is 5.69 Å². The van der Waals surface area contributed by atoms with E-state index in [0.29, 0.717) is 6.07 Å². The topological polar surface area (TPSA) is 102 Å². The van der Waals surface area contributed by atoms with Gasteiger partial charge in [-0.1, -0.05) is 6.07 Å². The average molecular weight is 322 g/mol. The van der Waals surface area contributed by atoms with Gasteiger partial charge in [0.25, 0.3) is 0 Å². The van der Waals surface area contributed by atoms with E-state index < -0.39 is 22.9 Å². The molecule has 0 aliphatic carbocycles. The Hall–Kier alpha value is -2.88. The summed E-state index contributed by atoms with van der Waals surface area (Å²) < 4.78 is 29.5. The summed E-state index contributed by atoms with van der Waals surface area (Å²) in [5.41, 5.74) is -2.63. The van der Waals surface area contributed by atoms with Crippen molar-refractivity contribution < 1.29 is 13.9 Å². The summed E-state index contributed by atoms with van der Waals surface area (Å²) in [5, 5.41) is 18.6. The van der Waals surface area contributed by atoms with Gasteiger partial charge in [-0.15, -0.1) is 0 Å². The number of H-pyrrole nitrogens is 1. The van der Waals surface area contributed by atoms with Gasteiger partial charge in [0.1, 0.15) is 36.2 Å². The highest BCUT2D eigenvalue weighted by atomic mass is 19.1. The third kappa shape index (κ3) is 3.01. The zero-order chi connectivity index (χ0) is 16.4. The van der Waals surface area contributed by atoms with Crippen molar-refractivity contribution in [1.82, 2.24) is 29.5 Å². The standard InChI is InChI=1S/C13H12F2N6O2/c14-9-1-2-10(11(15)3-9)13(23,4-20-8-16-6-18-20)5-21-12(22)17-7-19-21/h1-3,6-8,23H,4-5H2,(H,17,19,22). The molecule has 0 aliphatic heterocycles. The van der Waals surface area contributed by atoms with Crippen LogP contribution in [0.1, 0.15) is 5.56 Å². The second kappa shape index (κ2) is 5.72. The maximum Gasteiger partial charge on any atom is 0.343 e. The van der Waals surface area contributed by atoms with Crippen LogP contribution < -0.4 is 5.69 Å². The van der Waals surface area contributed by atoms with Crippen molar-refractivity contribution in [2.45, 2.75) is 18.7 Å². The summed E-state index contributed by atoms with van der Waals surface area (Å²) in [6, 6.07) is 2.81. The van der Waals surface area contributed by atoms with Crippen LogP contribution in [-0.4, -0.2) is 34.6 Å². The molecular weight excluding hydrogens is 310 g/mol. The molecule has 0 aliphatic rings. The third-order valence-corrected chi connectivity index (χ3v) is 3.35. The number of halogens is 2. The molecular formula is C13H12F2N6O2. The second-order valence-corrected chi connectivity index (χ2v) is 5.00. The number of hydrogen-bond acceptors (Lipinski definition) is 5. The summed E-state index contributed by atoms with van der Waals surface area (Å²) >= 11 is 0. The van der Waals surface area contributed by atoms with Gasteiger partial charge in [0.2, 0.25) is 0 Å². The zero-order valence-electron chi connectivity index (χ0n) is 11.7. The predicted octanol–water partition coefficient (Wildman–Crippen LogP) is 0.0291. The molecule has 8 nitrogen and oxygen atoms in total. The van der Waals surface area contributed by atoms with Crippen LogP contribution in [-0.2, 0) is 18.7 Å². The summed E-state index contributed by atoms with van der Waals surface area (Å²) in [4.78, 5) is 17.7. The molecule has 0 bridgehead atoms. The van der Waals surface area contributed by atoms with E-state index in [4.69, 9.17) is 0 Å². The molecule has 1 atom stereocenters. The number of aromatic amines is 1. The Balaban J connectivity index is 2.05. The van der Waals surface area contributed by atoms with Gasteiger partial charge in [-0.25, -0.2) is 27.9 Å². The van der Waals surface area contributed by atoms with E-state index in [-0.39, 0.29) is 18.7 Å². The van der Waals surface area contributed by atoms with E-state index in [2.05, 4.69) is 20.2 Å². The fourth-order valence-corrected chi connectivity index (χ4v) is 2.31. The molecule has 3 aromatic rings. The van der Waals surface area contributed by atoms with E-state index in [0.717, 1.165) is 23.1 Å². The Morgan fingerprint density at radius 3 is 2.70 bits per heavy atom. The molecule has 1 aromatic carbocycles. The maximum atomic E-state index is 14.1. The number of benzene rings is 1. The third-order valence-electron chi connectivity index (χ3n) is 3.35. The van der Waals surface area contributed by atoms with Gasteiger partial charge in [-0.3, -0.25) is 4.98 Å². The van der Waals surface area contributed by atoms with Crippen LogP contribution in [0.2, 0.25) is 0 Å². The number of aliphatic hydroxyl groups is 1. The number of nitrogens with one attached hydrogen (secondary N) is 1. The lowest BCUT2D eigenvalue weighted by Crippen LogP contribution is -2.40. The molecule has 10 heteroatoms. The van der Waals surface area contributed by atoms with Crippen LogP contribution >= 0.6 is 0 Å². The highest BCUT2D eigenvalue weighted by Gasteiger charge is 2.35. The molecule has 23 heavy (non-hydrogen) atoms. The van der Waals surface area contributed by atoms with E-state index >= 15 is 0 Å². The Morgan fingerprint density at radius 1 is 1.26 bits per heavy atom. The highest BCUT2D eigenvalue weighted by Crippen LogP contribution is 2.27. The van der Waals surface area contributed by atoms with Crippen molar-refractivity contribution in [3.63, 3.8) is 0 Å². The summed E-state index contributed by atoms with van der Waals surface area (Å²) in [7, 11) is 0. The molecule has 0 radical (unpaired) electrons. The van der Waals surface area contributed by atoms with E-state index in [1.807, 2.05) is 0 Å². The Bertz CT molecular complexity index is 859. The quantitative estimate of drug-likeness (QED) is 0.690. The first-order chi connectivity index (χ1) is 11.0. The lowest BCUT2D eigenvalue weighted by atomic mass is 9.93. The van der Waals surface area contributed by atoms with Crippen molar-refractivity contribution in [2.24, 2.45) is 0 Å². The zero-order valence-corrected chi connectivity index (χ0v) is 11.7. The van der Waals surface area contributed by atoms with Gasteiger partial charge in [-0.2, -0.15) is 10.2 Å². The van der Waals surface area contributed by atoms with Crippen LogP contribution in [0.5, 0.6) is 0 Å². The van der Waals surface area contributed by atoms with E-state index in [9.17, 15) is 18.7 Å². The smallest absolute Gasteiger partial charge is 0.343 e. The number of aromatic nitrogens is 6. The first kappa shape index (κ1) is 15.0. The van der Waals surface area contributed by atoms with Crippen LogP contribution in [0.3, 0.4) is 0 Å². The first-order valence-corrected chi connectivity index (χ1v) is 6.59. The molecule has 120 valence electrons. The summed E-state index contributed by atoms with van der Waals surface area (Å²) in [5.74, 6) is -1.71. The Labute approximate surface area is 128 Å². The normalized spacial score (nSPS) is 13.9. The van der Waals surface area contributed by atoms with E-state index in [1.54, 1.807) is 0 Å². The van der Waals surface area contributed by atoms with Crippen LogP contribution in [0.4, 0.5) is 8.78 Å². The van der Waals surface area contributed by atoms with Crippen molar-refractivity contribution in [3.8, 4) is 0 Å². The summed E-state index contributed by atoms with van der Waals surface area (Å²) in [6.45, 7) is -0.549. The molecule has 1 unspecified atom stereocenters. The van der Waals surface area contributed by atoms with Crippen LogP contribution in [0.25, 0.3) is 0 Å². The van der Waals surface area contributed by atoms with Crippen LogP contribution in [0, 0.1) is 11.6 Å². The van der Waals surface area contributed by atoms with Gasteiger partial charge in [0.15, 0.2) is 0 Å². The molecule has 2 aromatic heterocycles. The number of nitrogens with zero attached hydrogens (tertiary/aromatic N) is 5. The van der Waals surface area contributed by atoms with Crippen molar-refractivity contribution in [2.75, 3.05) is 0 Å². The molecule has 0 amide bonds. The molecule has 3 rings (SSSR count). The SMILES string of the molecule is O=c1[nH]cnn1CC(O)(Cn1cncn1)c1ccc(F)cc1F. The van der Waals surface area contributed by atoms with Crippen molar-refractivity contribution >= 4 is 0 Å². The van der Waals surface area contributed by atoms with Crippen molar-refractivity contribution in [1.29, 1.82) is 0 Å². The largest absolute Gasteiger partial charge is 0.381 e. The minimum atomic E-state index is -1.88. The molecule has 2 N–H and O–H groups in total. The van der Waals surface area contributed by atoms with E-state index in [1.165, 1.54) is 17.3 Å². The van der Waals surface area contributed by atoms with Crippen LogP contribution in [0.15, 0.2) is 42.0 Å². The number of rotatable bonds is 5. The minimum Gasteiger partial charge on any atom is -0.381 e. The van der Waals surface area contributed by atoms with Gasteiger partial charge < -0.3 is 5.11 Å². The Kier molecular flexibility index (Phi) is 3.74. The first-order valence-electron chi connectivity index (χ1n) is 6.59. The lowest BCUT2D eigenvalue weighted by Gasteiger charge is -2.28. The lowest BCUT2D eigenvalue weighted by molar-refractivity contribution is -0.00941. The fraction of sp³-hybridized carbons (Fsp3) is 0.231. The molecule has 0 saturated carbocycles. The maximum absolute atomic E-state index is 14.1. The predicted molar refractivity (Wildman–Crippen MR) is 73.1 cm³/mol. The molecule has 0 fully saturated rings. The molecule has 0 spiro atoms. The molecule has 0 saturated heterocycles. The monoisotopic (exact) mass is 322 g/mol. The minimum absolute atomic E-state index is 0.177. The van der Waals surface area contributed by atoms with Gasteiger partial charge in [0, 0.05) is 11.6 Å². The fourth-order valence-electron chi connectivity index (χ4n) is 2.31. The highest BCUT2D eigenvalue weighted by molar-refractivity contribution is 5.25. The second-order valence-electron chi connectivity index (χ2n) is 5.00. The number of hydrogen-bond donors (Lipinski definition) is 2. The molecule has 2 heterocycles. The van der Waals surface area contributed by atoms with Gasteiger partial charge in [0.05, 0.1) is 13.1 Å². The Morgan fingerprint density at radius 2 is 2.09 bits per heavy atom. The van der Waals surface area contributed by atoms with Gasteiger partial charge in [-0.05, 0) is 6.07 Å². The van der Waals surface area contributed by atoms with Crippen molar-refractivity contribution in [3.05, 3.63) is 64.9 Å². The average Bonchev–Trinajstić information content (AvgIpc) is 3.11.